The molecule has 1 atom stereocenters. The molecule has 0 aliphatic heterocycles. The summed E-state index contributed by atoms with van der Waals surface area (Å²) in [6.45, 7) is 4.63. The molecule has 1 N–H and O–H groups in total. The zero-order valence-electron chi connectivity index (χ0n) is 12.9. The van der Waals surface area contributed by atoms with E-state index >= 15 is 0 Å². The lowest BCUT2D eigenvalue weighted by Gasteiger charge is -2.28. The number of benzene rings is 1. The van der Waals surface area contributed by atoms with Crippen molar-refractivity contribution in [3.8, 4) is 5.75 Å². The van der Waals surface area contributed by atoms with Gasteiger partial charge < -0.3 is 19.6 Å². The van der Waals surface area contributed by atoms with Crippen LogP contribution in [-0.2, 0) is 4.79 Å². The highest BCUT2D eigenvalue weighted by Gasteiger charge is 2.20. The maximum Gasteiger partial charge on any atom is 0.241 e. The van der Waals surface area contributed by atoms with Gasteiger partial charge in [-0.25, -0.2) is 0 Å². The van der Waals surface area contributed by atoms with Gasteiger partial charge in [-0.15, -0.1) is 0 Å². The average molecular weight is 280 g/mol. The zero-order chi connectivity index (χ0) is 15.3. The number of rotatable bonds is 6. The third kappa shape index (κ3) is 3.63. The number of aliphatic hydroxyl groups is 1. The average Bonchev–Trinajstić information content (AvgIpc) is 2.43. The lowest BCUT2D eigenvalue weighted by Crippen LogP contribution is -2.37. The molecule has 0 radical (unpaired) electrons. The van der Waals surface area contributed by atoms with Crippen molar-refractivity contribution >= 4 is 11.6 Å². The highest BCUT2D eigenvalue weighted by atomic mass is 16.5. The Balaban J connectivity index is 3.18. The number of ether oxygens (including phenoxy) is 1. The third-order valence-electron chi connectivity index (χ3n) is 3.23. The quantitative estimate of drug-likeness (QED) is 0.861. The number of carbonyl (C=O) groups excluding carboxylic acids is 1. The van der Waals surface area contributed by atoms with Crippen LogP contribution in [0.15, 0.2) is 18.2 Å². The second-order valence-electron chi connectivity index (χ2n) is 4.87. The van der Waals surface area contributed by atoms with Crippen LogP contribution in [0.5, 0.6) is 5.75 Å². The molecule has 0 heterocycles. The molecule has 0 saturated heterocycles. The second kappa shape index (κ2) is 7.14. The molecule has 5 heteroatoms. The zero-order valence-corrected chi connectivity index (χ0v) is 12.9. The fraction of sp³-hybridized carbons (Fsp3) is 0.533. The first-order valence-electron chi connectivity index (χ1n) is 6.72. The van der Waals surface area contributed by atoms with E-state index in [1.165, 1.54) is 0 Å². The van der Waals surface area contributed by atoms with Crippen LogP contribution in [0.1, 0.15) is 25.5 Å². The molecule has 0 aliphatic carbocycles. The van der Waals surface area contributed by atoms with E-state index in [0.29, 0.717) is 17.9 Å². The first-order chi connectivity index (χ1) is 9.42. The van der Waals surface area contributed by atoms with Crippen LogP contribution in [0.2, 0.25) is 0 Å². The van der Waals surface area contributed by atoms with Crippen LogP contribution in [0, 0.1) is 0 Å². The number of hydrogen-bond donors (Lipinski definition) is 1. The summed E-state index contributed by atoms with van der Waals surface area (Å²) in [5, 5.41) is 10.0. The molecule has 112 valence electrons. The summed E-state index contributed by atoms with van der Waals surface area (Å²) in [6, 6.07) is 5.58. The van der Waals surface area contributed by atoms with Gasteiger partial charge in [0.2, 0.25) is 5.91 Å². The van der Waals surface area contributed by atoms with Crippen LogP contribution < -0.4 is 9.64 Å². The van der Waals surface area contributed by atoms with Crippen LogP contribution >= 0.6 is 0 Å². The predicted octanol–water partition coefficient (Wildman–Crippen LogP) is 1.66. The van der Waals surface area contributed by atoms with Gasteiger partial charge in [0.1, 0.15) is 5.75 Å². The van der Waals surface area contributed by atoms with Crippen LogP contribution in [0.25, 0.3) is 0 Å². The highest BCUT2D eigenvalue weighted by molar-refractivity contribution is 5.81. The predicted molar refractivity (Wildman–Crippen MR) is 80.2 cm³/mol. The minimum Gasteiger partial charge on any atom is -0.496 e. The van der Waals surface area contributed by atoms with Gasteiger partial charge in [0, 0.05) is 31.9 Å². The summed E-state index contributed by atoms with van der Waals surface area (Å²) in [5.74, 6) is 0.652. The van der Waals surface area contributed by atoms with E-state index in [-0.39, 0.29) is 12.5 Å². The molecule has 20 heavy (non-hydrogen) atoms. The molecule has 1 aromatic rings. The molecule has 1 rings (SSSR count). The molecule has 1 aromatic carbocycles. The van der Waals surface area contributed by atoms with Crippen LogP contribution in [-0.4, -0.2) is 50.2 Å². The Morgan fingerprint density at radius 3 is 2.50 bits per heavy atom. The van der Waals surface area contributed by atoms with E-state index < -0.39 is 6.10 Å². The van der Waals surface area contributed by atoms with Crippen molar-refractivity contribution in [3.63, 3.8) is 0 Å². The van der Waals surface area contributed by atoms with Crippen molar-refractivity contribution in [2.75, 3.05) is 39.2 Å². The van der Waals surface area contributed by atoms with Crippen molar-refractivity contribution in [2.45, 2.75) is 20.0 Å². The maximum atomic E-state index is 11.9. The molecule has 0 saturated carbocycles. The van der Waals surface area contributed by atoms with E-state index in [1.54, 1.807) is 33.0 Å². The Kier molecular flexibility index (Phi) is 5.82. The first-order valence-corrected chi connectivity index (χ1v) is 6.72. The van der Waals surface area contributed by atoms with Gasteiger partial charge in [-0.2, -0.15) is 0 Å². The van der Waals surface area contributed by atoms with E-state index in [1.807, 2.05) is 30.0 Å². The lowest BCUT2D eigenvalue weighted by atomic mass is 10.1. The molecule has 0 spiro atoms. The highest BCUT2D eigenvalue weighted by Crippen LogP contribution is 2.34. The molecule has 0 aliphatic rings. The molecule has 0 unspecified atom stereocenters. The summed E-state index contributed by atoms with van der Waals surface area (Å²) >= 11 is 0. The molecule has 0 fully saturated rings. The molecule has 0 bridgehead atoms. The normalized spacial score (nSPS) is 11.9. The molecular formula is C15H24N2O3. The Morgan fingerprint density at radius 1 is 1.40 bits per heavy atom. The van der Waals surface area contributed by atoms with Gasteiger partial charge >= 0.3 is 0 Å². The number of hydrogen-bond acceptors (Lipinski definition) is 4. The first kappa shape index (κ1) is 16.3. The van der Waals surface area contributed by atoms with E-state index in [0.717, 1.165) is 5.69 Å². The summed E-state index contributed by atoms with van der Waals surface area (Å²) < 4.78 is 5.31. The summed E-state index contributed by atoms with van der Waals surface area (Å²) in [4.78, 5) is 15.4. The Labute approximate surface area is 120 Å². The second-order valence-corrected chi connectivity index (χ2v) is 4.87. The van der Waals surface area contributed by atoms with Crippen molar-refractivity contribution in [1.82, 2.24) is 4.90 Å². The number of methoxy groups -OCH3 is 1. The molecule has 1 amide bonds. The molecule has 0 aromatic heterocycles. The Morgan fingerprint density at radius 2 is 2.05 bits per heavy atom. The molecular weight excluding hydrogens is 256 g/mol. The van der Waals surface area contributed by atoms with Gasteiger partial charge in [-0.1, -0.05) is 6.07 Å². The summed E-state index contributed by atoms with van der Waals surface area (Å²) in [5.41, 5.74) is 1.54. The fourth-order valence-electron chi connectivity index (χ4n) is 2.08. The third-order valence-corrected chi connectivity index (χ3v) is 3.23. The van der Waals surface area contributed by atoms with Gasteiger partial charge in [0.05, 0.1) is 19.8 Å². The van der Waals surface area contributed by atoms with Crippen molar-refractivity contribution in [3.05, 3.63) is 23.8 Å². The number of likely N-dealkylation sites (N-methyl/N-ethyl adjacent to an activating group) is 2. The van der Waals surface area contributed by atoms with E-state index in [2.05, 4.69) is 0 Å². The lowest BCUT2D eigenvalue weighted by molar-refractivity contribution is -0.127. The van der Waals surface area contributed by atoms with Crippen LogP contribution in [0.4, 0.5) is 5.69 Å². The van der Waals surface area contributed by atoms with Gasteiger partial charge in [0.25, 0.3) is 0 Å². The minimum absolute atomic E-state index is 0.0196. The van der Waals surface area contributed by atoms with E-state index in [4.69, 9.17) is 4.74 Å². The number of nitrogens with zero attached hydrogens (tertiary/aromatic N) is 2. The Bertz CT molecular complexity index is 458. The maximum absolute atomic E-state index is 11.9. The number of carbonyl (C=O) groups is 1. The standard InChI is InChI=1S/C15H24N2O3/c1-6-17(10-14(19)16(3)4)12-8-7-9-13(20-5)15(12)11(2)18/h7-9,11,18H,6,10H2,1-5H3/t11-/m1/s1. The van der Waals surface area contributed by atoms with Gasteiger partial charge in [-0.3, -0.25) is 4.79 Å². The number of anilines is 1. The van der Waals surface area contributed by atoms with Crippen molar-refractivity contribution in [2.24, 2.45) is 0 Å². The smallest absolute Gasteiger partial charge is 0.241 e. The number of aliphatic hydroxyl groups excluding tert-OH is 1. The van der Waals surface area contributed by atoms with Gasteiger partial charge in [0.15, 0.2) is 0 Å². The monoisotopic (exact) mass is 280 g/mol. The topological polar surface area (TPSA) is 53.0 Å². The van der Waals surface area contributed by atoms with Crippen molar-refractivity contribution < 1.29 is 14.6 Å². The summed E-state index contributed by atoms with van der Waals surface area (Å²) in [6.07, 6.45) is -0.662. The van der Waals surface area contributed by atoms with Crippen LogP contribution in [0.3, 0.4) is 0 Å². The van der Waals surface area contributed by atoms with Gasteiger partial charge in [-0.05, 0) is 26.0 Å². The van der Waals surface area contributed by atoms with E-state index in [9.17, 15) is 9.90 Å². The number of amides is 1. The molecule has 5 nitrogen and oxygen atoms in total. The Hall–Kier alpha value is -1.75. The minimum atomic E-state index is -0.662. The largest absolute Gasteiger partial charge is 0.496 e. The summed E-state index contributed by atoms with van der Waals surface area (Å²) in [7, 11) is 5.04. The SMILES string of the molecule is CCN(CC(=O)N(C)C)c1cccc(OC)c1[C@@H](C)O. The van der Waals surface area contributed by atoms with Crippen molar-refractivity contribution in [1.29, 1.82) is 0 Å². The fourth-order valence-corrected chi connectivity index (χ4v) is 2.08.